The van der Waals surface area contributed by atoms with E-state index in [1.807, 2.05) is 19.1 Å². The maximum absolute atomic E-state index is 11.8. The molecule has 0 amide bonds. The van der Waals surface area contributed by atoms with Crippen molar-refractivity contribution in [2.45, 2.75) is 25.2 Å². The third-order valence-corrected chi connectivity index (χ3v) is 4.50. The van der Waals surface area contributed by atoms with Crippen molar-refractivity contribution in [2.75, 3.05) is 30.7 Å². The van der Waals surface area contributed by atoms with Crippen LogP contribution in [0.2, 0.25) is 0 Å². The van der Waals surface area contributed by atoms with E-state index in [9.17, 15) is 8.42 Å². The number of rotatable bonds is 8. The fraction of sp³-hybridized carbons (Fsp3) is 0.538. The van der Waals surface area contributed by atoms with Crippen molar-refractivity contribution >= 4 is 15.5 Å². The van der Waals surface area contributed by atoms with Gasteiger partial charge in [0.25, 0.3) is 0 Å². The normalized spacial score (nSPS) is 11.4. The number of hydrogen-bond donors (Lipinski definition) is 2. The number of likely N-dealkylation sites (N-methyl/N-ethyl adjacent to an activating group) is 1. The van der Waals surface area contributed by atoms with Crippen molar-refractivity contribution in [3.8, 4) is 0 Å². The highest BCUT2D eigenvalue weighted by molar-refractivity contribution is 7.91. The number of sulfone groups is 1. The van der Waals surface area contributed by atoms with Crippen LogP contribution in [0.4, 0.5) is 5.69 Å². The third kappa shape index (κ3) is 4.66. The van der Waals surface area contributed by atoms with Gasteiger partial charge in [0.1, 0.15) is 0 Å². The molecular weight excluding hydrogens is 248 g/mol. The quantitative estimate of drug-likeness (QED) is 0.708. The molecule has 0 fully saturated rings. The number of benzene rings is 1. The molecule has 2 N–H and O–H groups in total. The number of anilines is 1. The van der Waals surface area contributed by atoms with E-state index in [0.29, 0.717) is 11.3 Å². The third-order valence-electron chi connectivity index (χ3n) is 2.57. The maximum Gasteiger partial charge on any atom is 0.178 e. The number of nitrogens with one attached hydrogen (secondary N) is 2. The van der Waals surface area contributed by atoms with E-state index in [1.165, 1.54) is 0 Å². The van der Waals surface area contributed by atoms with Gasteiger partial charge >= 0.3 is 0 Å². The highest BCUT2D eigenvalue weighted by Crippen LogP contribution is 2.15. The average molecular weight is 270 g/mol. The SMILES string of the molecule is CCCS(=O)(=O)c1ccc(NCCNCC)cc1. The van der Waals surface area contributed by atoms with Gasteiger partial charge in [-0.05, 0) is 37.2 Å². The van der Waals surface area contributed by atoms with Crippen LogP contribution < -0.4 is 10.6 Å². The van der Waals surface area contributed by atoms with E-state index in [1.54, 1.807) is 12.1 Å². The number of hydrogen-bond acceptors (Lipinski definition) is 4. The Bertz CT molecular complexity index is 441. The Balaban J connectivity index is 2.57. The smallest absolute Gasteiger partial charge is 0.178 e. The zero-order valence-corrected chi connectivity index (χ0v) is 11.9. The second-order valence-electron chi connectivity index (χ2n) is 4.12. The van der Waals surface area contributed by atoms with E-state index in [0.717, 1.165) is 25.3 Å². The molecule has 1 aromatic rings. The highest BCUT2D eigenvalue weighted by Gasteiger charge is 2.12. The van der Waals surface area contributed by atoms with Gasteiger partial charge in [0.15, 0.2) is 9.84 Å². The summed E-state index contributed by atoms with van der Waals surface area (Å²) in [6.45, 7) is 6.61. The second kappa shape index (κ2) is 7.38. The first kappa shape index (κ1) is 15.0. The molecule has 0 aliphatic heterocycles. The minimum atomic E-state index is -3.10. The Morgan fingerprint density at radius 3 is 2.28 bits per heavy atom. The fourth-order valence-electron chi connectivity index (χ4n) is 1.64. The molecule has 0 saturated carbocycles. The Kier molecular flexibility index (Phi) is 6.15. The van der Waals surface area contributed by atoms with Gasteiger partial charge in [0.2, 0.25) is 0 Å². The van der Waals surface area contributed by atoms with Crippen LogP contribution >= 0.6 is 0 Å². The van der Waals surface area contributed by atoms with Gasteiger partial charge < -0.3 is 10.6 Å². The molecule has 4 nitrogen and oxygen atoms in total. The average Bonchev–Trinajstić information content (AvgIpc) is 2.35. The molecule has 0 aliphatic rings. The van der Waals surface area contributed by atoms with E-state index >= 15 is 0 Å². The van der Waals surface area contributed by atoms with E-state index in [-0.39, 0.29) is 5.75 Å². The molecule has 102 valence electrons. The zero-order valence-electron chi connectivity index (χ0n) is 11.1. The van der Waals surface area contributed by atoms with Crippen LogP contribution in [0.3, 0.4) is 0 Å². The molecule has 0 atom stereocenters. The Morgan fingerprint density at radius 2 is 1.72 bits per heavy atom. The van der Waals surface area contributed by atoms with Gasteiger partial charge in [0.05, 0.1) is 10.6 Å². The maximum atomic E-state index is 11.8. The summed E-state index contributed by atoms with van der Waals surface area (Å²) in [5.41, 5.74) is 0.948. The van der Waals surface area contributed by atoms with Gasteiger partial charge in [-0.15, -0.1) is 0 Å². The minimum Gasteiger partial charge on any atom is -0.384 e. The molecule has 0 heterocycles. The summed E-state index contributed by atoms with van der Waals surface area (Å²) in [7, 11) is -3.10. The van der Waals surface area contributed by atoms with Crippen LogP contribution in [-0.2, 0) is 9.84 Å². The Hall–Kier alpha value is -1.07. The van der Waals surface area contributed by atoms with E-state index < -0.39 is 9.84 Å². The molecule has 1 aromatic carbocycles. The minimum absolute atomic E-state index is 0.209. The molecule has 0 bridgehead atoms. The summed E-state index contributed by atoms with van der Waals surface area (Å²) in [5, 5.41) is 6.45. The predicted molar refractivity (Wildman–Crippen MR) is 75.8 cm³/mol. The summed E-state index contributed by atoms with van der Waals surface area (Å²) < 4.78 is 23.6. The van der Waals surface area contributed by atoms with Crippen LogP contribution in [-0.4, -0.2) is 33.8 Å². The van der Waals surface area contributed by atoms with Gasteiger partial charge in [-0.2, -0.15) is 0 Å². The van der Waals surface area contributed by atoms with Gasteiger partial charge in [-0.1, -0.05) is 13.8 Å². The Labute approximate surface area is 110 Å². The molecule has 1 rings (SSSR count). The first-order chi connectivity index (χ1) is 8.60. The van der Waals surface area contributed by atoms with Crippen molar-refractivity contribution < 1.29 is 8.42 Å². The van der Waals surface area contributed by atoms with Crippen LogP contribution in [0.15, 0.2) is 29.2 Å². The summed E-state index contributed by atoms with van der Waals surface area (Å²) >= 11 is 0. The lowest BCUT2D eigenvalue weighted by molar-refractivity contribution is 0.595. The predicted octanol–water partition coefficient (Wildman–Crippen LogP) is 1.89. The van der Waals surface area contributed by atoms with Crippen molar-refractivity contribution in [3.63, 3.8) is 0 Å². The summed E-state index contributed by atoms with van der Waals surface area (Å²) in [4.78, 5) is 0.404. The fourth-order valence-corrected chi connectivity index (χ4v) is 2.96. The topological polar surface area (TPSA) is 58.2 Å². The van der Waals surface area contributed by atoms with E-state index in [4.69, 9.17) is 0 Å². The molecule has 18 heavy (non-hydrogen) atoms. The van der Waals surface area contributed by atoms with Crippen molar-refractivity contribution in [3.05, 3.63) is 24.3 Å². The van der Waals surface area contributed by atoms with Gasteiger partial charge in [0, 0.05) is 18.8 Å². The lowest BCUT2D eigenvalue weighted by Crippen LogP contribution is -2.21. The van der Waals surface area contributed by atoms with Crippen LogP contribution in [0.25, 0.3) is 0 Å². The second-order valence-corrected chi connectivity index (χ2v) is 6.23. The lowest BCUT2D eigenvalue weighted by atomic mass is 10.3. The van der Waals surface area contributed by atoms with Crippen molar-refractivity contribution in [1.29, 1.82) is 0 Å². The van der Waals surface area contributed by atoms with Crippen LogP contribution in [0.1, 0.15) is 20.3 Å². The highest BCUT2D eigenvalue weighted by atomic mass is 32.2. The van der Waals surface area contributed by atoms with Gasteiger partial charge in [-0.3, -0.25) is 0 Å². The van der Waals surface area contributed by atoms with E-state index in [2.05, 4.69) is 17.6 Å². The molecule has 0 unspecified atom stereocenters. The standard InChI is InChI=1S/C13H22N2O2S/c1-3-11-18(16,17)13-7-5-12(6-8-13)15-10-9-14-4-2/h5-8,14-15H,3-4,9-11H2,1-2H3. The summed E-state index contributed by atoms with van der Waals surface area (Å²) in [5.74, 6) is 0.209. The first-order valence-corrected chi connectivity index (χ1v) is 8.02. The van der Waals surface area contributed by atoms with Crippen molar-refractivity contribution in [1.82, 2.24) is 5.32 Å². The zero-order chi connectivity index (χ0) is 13.4. The van der Waals surface area contributed by atoms with Crippen LogP contribution in [0.5, 0.6) is 0 Å². The molecular formula is C13H22N2O2S. The Morgan fingerprint density at radius 1 is 1.06 bits per heavy atom. The van der Waals surface area contributed by atoms with Crippen LogP contribution in [0, 0.1) is 0 Å². The first-order valence-electron chi connectivity index (χ1n) is 6.37. The largest absolute Gasteiger partial charge is 0.384 e. The molecule has 0 spiro atoms. The van der Waals surface area contributed by atoms with Crippen molar-refractivity contribution in [2.24, 2.45) is 0 Å². The molecule has 0 aliphatic carbocycles. The molecule has 0 aromatic heterocycles. The summed E-state index contributed by atoms with van der Waals surface area (Å²) in [6.07, 6.45) is 0.644. The van der Waals surface area contributed by atoms with Gasteiger partial charge in [-0.25, -0.2) is 8.42 Å². The molecule has 0 saturated heterocycles. The summed E-state index contributed by atoms with van der Waals surface area (Å²) in [6, 6.07) is 6.96. The lowest BCUT2D eigenvalue weighted by Gasteiger charge is -2.08. The molecule has 5 heteroatoms. The monoisotopic (exact) mass is 270 g/mol. The molecule has 0 radical (unpaired) electrons.